The summed E-state index contributed by atoms with van der Waals surface area (Å²) in [7, 11) is 0. The molecule has 0 aromatic carbocycles. The van der Waals surface area contributed by atoms with Crippen LogP contribution >= 0.6 is 11.6 Å². The normalized spacial score (nSPS) is 10.0. The fraction of sp³-hybridized carbons (Fsp3) is 0.444. The van der Waals surface area contributed by atoms with Gasteiger partial charge in [-0.05, 0) is 24.5 Å². The summed E-state index contributed by atoms with van der Waals surface area (Å²) in [5.74, 6) is 0. The van der Waals surface area contributed by atoms with Crippen molar-refractivity contribution < 1.29 is 0 Å². The molecule has 0 radical (unpaired) electrons. The van der Waals surface area contributed by atoms with Gasteiger partial charge in [-0.2, -0.15) is 0 Å². The molecule has 0 bridgehead atoms. The predicted octanol–water partition coefficient (Wildman–Crippen LogP) is 3.08. The highest BCUT2D eigenvalue weighted by atomic mass is 35.5. The molecular formula is C9H12ClN. The summed E-state index contributed by atoms with van der Waals surface area (Å²) >= 11 is 5.92. The topological polar surface area (TPSA) is 12.9 Å². The second-order valence-electron chi connectivity index (χ2n) is 2.57. The molecule has 11 heavy (non-hydrogen) atoms. The number of hydrogen-bond acceptors (Lipinski definition) is 1. The first-order valence-electron chi connectivity index (χ1n) is 3.93. The van der Waals surface area contributed by atoms with Crippen molar-refractivity contribution in [1.82, 2.24) is 4.98 Å². The zero-order valence-corrected chi connectivity index (χ0v) is 7.43. The Kier molecular flexibility index (Phi) is 3.37. The highest BCUT2D eigenvalue weighted by Gasteiger charge is 1.97. The molecular weight excluding hydrogens is 158 g/mol. The summed E-state index contributed by atoms with van der Waals surface area (Å²) in [5.41, 5.74) is 1.16. The number of nitrogens with zero attached hydrogens (tertiary/aromatic N) is 1. The molecule has 2 heteroatoms. The van der Waals surface area contributed by atoms with E-state index in [1.165, 1.54) is 12.8 Å². The van der Waals surface area contributed by atoms with E-state index in [1.807, 2.05) is 12.3 Å². The second kappa shape index (κ2) is 4.35. The third-order valence-corrected chi connectivity index (χ3v) is 2.01. The first kappa shape index (κ1) is 8.54. The van der Waals surface area contributed by atoms with E-state index < -0.39 is 0 Å². The lowest BCUT2D eigenvalue weighted by Gasteiger charge is -2.00. The molecule has 0 aliphatic rings. The van der Waals surface area contributed by atoms with Crippen LogP contribution in [0.5, 0.6) is 0 Å². The third-order valence-electron chi connectivity index (χ3n) is 1.64. The van der Waals surface area contributed by atoms with Gasteiger partial charge in [0.2, 0.25) is 0 Å². The van der Waals surface area contributed by atoms with E-state index in [2.05, 4.69) is 11.9 Å². The molecule has 0 saturated heterocycles. The maximum Gasteiger partial charge on any atom is 0.0468 e. The Morgan fingerprint density at radius 1 is 1.55 bits per heavy atom. The molecule has 1 rings (SSSR count). The predicted molar refractivity (Wildman–Crippen MR) is 47.9 cm³/mol. The molecule has 1 heterocycles. The summed E-state index contributed by atoms with van der Waals surface area (Å²) in [5, 5.41) is 0.841. The molecule has 0 saturated carbocycles. The minimum Gasteiger partial charge on any atom is -0.264 e. The minimum atomic E-state index is 0.841. The van der Waals surface area contributed by atoms with Crippen LogP contribution in [0.25, 0.3) is 0 Å². The van der Waals surface area contributed by atoms with Crippen LogP contribution in [0.1, 0.15) is 25.3 Å². The van der Waals surface area contributed by atoms with Crippen molar-refractivity contribution in [2.75, 3.05) is 0 Å². The average Bonchev–Trinajstić information content (AvgIpc) is 2.03. The van der Waals surface area contributed by atoms with Gasteiger partial charge in [0.1, 0.15) is 0 Å². The monoisotopic (exact) mass is 169 g/mol. The van der Waals surface area contributed by atoms with Gasteiger partial charge < -0.3 is 0 Å². The summed E-state index contributed by atoms with van der Waals surface area (Å²) in [6.07, 6.45) is 7.00. The lowest BCUT2D eigenvalue weighted by atomic mass is 10.1. The van der Waals surface area contributed by atoms with Crippen LogP contribution in [-0.4, -0.2) is 4.98 Å². The average molecular weight is 170 g/mol. The fourth-order valence-corrected chi connectivity index (χ4v) is 1.16. The van der Waals surface area contributed by atoms with Gasteiger partial charge >= 0.3 is 0 Å². The lowest BCUT2D eigenvalue weighted by Crippen LogP contribution is -1.86. The van der Waals surface area contributed by atoms with E-state index >= 15 is 0 Å². The molecule has 0 fully saturated rings. The van der Waals surface area contributed by atoms with Gasteiger partial charge in [-0.3, -0.25) is 4.98 Å². The summed E-state index contributed by atoms with van der Waals surface area (Å²) in [4.78, 5) is 4.01. The van der Waals surface area contributed by atoms with Gasteiger partial charge in [-0.15, -0.1) is 0 Å². The smallest absolute Gasteiger partial charge is 0.0468 e. The molecule has 0 spiro atoms. The number of aryl methyl sites for hydroxylation is 1. The number of hydrogen-bond donors (Lipinski definition) is 0. The van der Waals surface area contributed by atoms with E-state index in [4.69, 9.17) is 11.6 Å². The maximum atomic E-state index is 5.92. The van der Waals surface area contributed by atoms with Gasteiger partial charge in [-0.1, -0.05) is 24.9 Å². The zero-order valence-electron chi connectivity index (χ0n) is 6.68. The van der Waals surface area contributed by atoms with E-state index in [9.17, 15) is 0 Å². The Morgan fingerprint density at radius 3 is 3.00 bits per heavy atom. The Bertz CT molecular complexity index is 223. The SMILES string of the molecule is CCCCc1cnccc1Cl. The number of aromatic nitrogens is 1. The van der Waals surface area contributed by atoms with Crippen LogP contribution < -0.4 is 0 Å². The van der Waals surface area contributed by atoms with Crippen LogP contribution in [0, 0.1) is 0 Å². The highest BCUT2D eigenvalue weighted by Crippen LogP contribution is 2.15. The van der Waals surface area contributed by atoms with Crippen molar-refractivity contribution in [3.63, 3.8) is 0 Å². The number of unbranched alkanes of at least 4 members (excludes halogenated alkanes) is 1. The third kappa shape index (κ3) is 2.51. The Labute approximate surface area is 72.4 Å². The van der Waals surface area contributed by atoms with Crippen molar-refractivity contribution >= 4 is 11.6 Å². The molecule has 60 valence electrons. The van der Waals surface area contributed by atoms with Crippen molar-refractivity contribution in [1.29, 1.82) is 0 Å². The molecule has 0 amide bonds. The van der Waals surface area contributed by atoms with Gasteiger partial charge in [0.25, 0.3) is 0 Å². The molecule has 1 aromatic heterocycles. The maximum absolute atomic E-state index is 5.92. The van der Waals surface area contributed by atoms with Crippen LogP contribution in [0.2, 0.25) is 5.02 Å². The standard InChI is InChI=1S/C9H12ClN/c1-2-3-4-8-7-11-6-5-9(8)10/h5-7H,2-4H2,1H3. The summed E-state index contributed by atoms with van der Waals surface area (Å²) < 4.78 is 0. The Balaban J connectivity index is 2.62. The molecule has 0 atom stereocenters. The van der Waals surface area contributed by atoms with Gasteiger partial charge in [-0.25, -0.2) is 0 Å². The van der Waals surface area contributed by atoms with Crippen molar-refractivity contribution in [2.24, 2.45) is 0 Å². The molecule has 0 aliphatic heterocycles. The van der Waals surface area contributed by atoms with Crippen molar-refractivity contribution in [3.05, 3.63) is 29.0 Å². The Morgan fingerprint density at radius 2 is 2.36 bits per heavy atom. The molecule has 0 aliphatic carbocycles. The quantitative estimate of drug-likeness (QED) is 0.678. The van der Waals surface area contributed by atoms with Crippen LogP contribution in [-0.2, 0) is 6.42 Å². The van der Waals surface area contributed by atoms with Gasteiger partial charge in [0, 0.05) is 17.4 Å². The van der Waals surface area contributed by atoms with Gasteiger partial charge in [0.15, 0.2) is 0 Å². The number of halogens is 1. The summed E-state index contributed by atoms with van der Waals surface area (Å²) in [6.45, 7) is 2.17. The molecule has 0 N–H and O–H groups in total. The second-order valence-corrected chi connectivity index (χ2v) is 2.98. The lowest BCUT2D eigenvalue weighted by molar-refractivity contribution is 0.792. The van der Waals surface area contributed by atoms with E-state index in [-0.39, 0.29) is 0 Å². The van der Waals surface area contributed by atoms with E-state index in [0.717, 1.165) is 17.0 Å². The van der Waals surface area contributed by atoms with E-state index in [0.29, 0.717) is 0 Å². The van der Waals surface area contributed by atoms with Crippen molar-refractivity contribution in [2.45, 2.75) is 26.2 Å². The van der Waals surface area contributed by atoms with Crippen LogP contribution in [0.15, 0.2) is 18.5 Å². The zero-order chi connectivity index (χ0) is 8.10. The van der Waals surface area contributed by atoms with Crippen LogP contribution in [0.3, 0.4) is 0 Å². The van der Waals surface area contributed by atoms with Crippen LogP contribution in [0.4, 0.5) is 0 Å². The van der Waals surface area contributed by atoms with Crippen molar-refractivity contribution in [3.8, 4) is 0 Å². The number of pyridine rings is 1. The Hall–Kier alpha value is -0.560. The van der Waals surface area contributed by atoms with Gasteiger partial charge in [0.05, 0.1) is 0 Å². The molecule has 1 nitrogen and oxygen atoms in total. The largest absolute Gasteiger partial charge is 0.264 e. The van der Waals surface area contributed by atoms with E-state index in [1.54, 1.807) is 6.20 Å². The fourth-order valence-electron chi connectivity index (χ4n) is 0.961. The molecule has 1 aromatic rings. The number of rotatable bonds is 3. The highest BCUT2D eigenvalue weighted by molar-refractivity contribution is 6.31. The summed E-state index contributed by atoms with van der Waals surface area (Å²) in [6, 6.07) is 1.84. The first-order valence-corrected chi connectivity index (χ1v) is 4.30. The molecule has 0 unspecified atom stereocenters. The first-order chi connectivity index (χ1) is 5.34. The minimum absolute atomic E-state index is 0.841.